The summed E-state index contributed by atoms with van der Waals surface area (Å²) in [6.45, 7) is -1.10. The first-order valence-corrected chi connectivity index (χ1v) is 6.58. The Hall–Kier alpha value is -1.50. The lowest BCUT2D eigenvalue weighted by Crippen LogP contribution is -2.08. The number of ether oxygens (including phenoxy) is 3. The van der Waals surface area contributed by atoms with E-state index in [-0.39, 0.29) is 37.1 Å². The second kappa shape index (κ2) is 8.71. The van der Waals surface area contributed by atoms with Gasteiger partial charge >= 0.3 is 0 Å². The van der Waals surface area contributed by atoms with Crippen molar-refractivity contribution < 1.29 is 28.6 Å². The van der Waals surface area contributed by atoms with Crippen LogP contribution in [0.2, 0.25) is 0 Å². The third kappa shape index (κ3) is 7.75. The minimum atomic E-state index is -0.698. The quantitative estimate of drug-likeness (QED) is 0.631. The van der Waals surface area contributed by atoms with Gasteiger partial charge in [0.2, 0.25) is 0 Å². The van der Waals surface area contributed by atoms with Gasteiger partial charge in [-0.1, -0.05) is 0 Å². The Kier molecular flexibility index (Phi) is 7.28. The molecule has 9 heteroatoms. The summed E-state index contributed by atoms with van der Waals surface area (Å²) >= 11 is 15.5. The molecule has 1 rings (SSSR count). The minimum Gasteiger partial charge on any atom is -0.484 e. The van der Waals surface area contributed by atoms with Crippen molar-refractivity contribution in [2.24, 2.45) is 0 Å². The largest absolute Gasteiger partial charge is 0.484 e. The van der Waals surface area contributed by atoms with Crippen LogP contribution in [0.1, 0.15) is 0 Å². The third-order valence-corrected chi connectivity index (χ3v) is 2.24. The lowest BCUT2D eigenvalue weighted by atomic mass is 10.3. The van der Waals surface area contributed by atoms with Crippen LogP contribution in [0, 0.1) is 0 Å². The molecule has 1 aromatic carbocycles. The lowest BCUT2D eigenvalue weighted by molar-refractivity contribution is -0.114. The lowest BCUT2D eigenvalue weighted by Gasteiger charge is -2.11. The van der Waals surface area contributed by atoms with E-state index in [0.29, 0.717) is 0 Å². The second-order valence-corrected chi connectivity index (χ2v) is 4.84. The van der Waals surface area contributed by atoms with E-state index < -0.39 is 15.7 Å². The minimum absolute atomic E-state index is 0.195. The molecule has 0 saturated carbocycles. The fourth-order valence-corrected chi connectivity index (χ4v) is 1.38. The van der Waals surface area contributed by atoms with Crippen LogP contribution in [-0.4, -0.2) is 35.5 Å². The van der Waals surface area contributed by atoms with Crippen molar-refractivity contribution in [1.29, 1.82) is 0 Å². The predicted molar refractivity (Wildman–Crippen MR) is 75.5 cm³/mol. The van der Waals surface area contributed by atoms with Crippen LogP contribution >= 0.6 is 34.8 Å². The molecule has 0 fully saturated rings. The Labute approximate surface area is 134 Å². The normalized spacial score (nSPS) is 9.86. The van der Waals surface area contributed by atoms with Crippen molar-refractivity contribution in [3.8, 4) is 17.2 Å². The summed E-state index contributed by atoms with van der Waals surface area (Å²) in [5.74, 6) is 0.585. The van der Waals surface area contributed by atoms with Gasteiger partial charge in [-0.15, -0.1) is 0 Å². The standard InChI is InChI=1S/C12H9Cl3O6/c13-10(16)4-19-7-1-8(20-5-11(14)17)3-9(2-7)21-6-12(15)18/h1-3H,4-6H2. The first-order chi connectivity index (χ1) is 9.86. The van der Waals surface area contributed by atoms with Crippen molar-refractivity contribution in [3.63, 3.8) is 0 Å². The maximum absolute atomic E-state index is 10.7. The molecule has 0 saturated heterocycles. The van der Waals surface area contributed by atoms with Crippen LogP contribution in [0.15, 0.2) is 18.2 Å². The van der Waals surface area contributed by atoms with E-state index in [2.05, 4.69) is 0 Å². The molecule has 0 aliphatic heterocycles. The van der Waals surface area contributed by atoms with E-state index in [1.807, 2.05) is 0 Å². The van der Waals surface area contributed by atoms with Crippen LogP contribution in [0.5, 0.6) is 17.2 Å². The highest BCUT2D eigenvalue weighted by Gasteiger charge is 2.08. The Morgan fingerprint density at radius 2 is 0.905 bits per heavy atom. The molecule has 0 aliphatic carbocycles. The van der Waals surface area contributed by atoms with Crippen molar-refractivity contribution in [1.82, 2.24) is 0 Å². The Morgan fingerprint density at radius 1 is 0.667 bits per heavy atom. The average Bonchev–Trinajstić information content (AvgIpc) is 2.40. The van der Waals surface area contributed by atoms with Crippen LogP contribution in [0.25, 0.3) is 0 Å². The fraction of sp³-hybridized carbons (Fsp3) is 0.250. The third-order valence-electron chi connectivity index (χ3n) is 1.91. The number of carbonyl (C=O) groups excluding carboxylic acids is 3. The van der Waals surface area contributed by atoms with Crippen molar-refractivity contribution >= 4 is 50.5 Å². The van der Waals surface area contributed by atoms with Gasteiger partial charge in [-0.2, -0.15) is 0 Å². The number of hydrogen-bond donors (Lipinski definition) is 0. The first kappa shape index (κ1) is 17.6. The SMILES string of the molecule is O=C(Cl)COc1cc(OCC(=O)Cl)cc(OCC(=O)Cl)c1. The summed E-state index contributed by atoms with van der Waals surface area (Å²) in [7, 11) is 0. The number of halogens is 3. The smallest absolute Gasteiger partial charge is 0.259 e. The molecule has 21 heavy (non-hydrogen) atoms. The Balaban J connectivity index is 2.86. The molecule has 0 radical (unpaired) electrons. The highest BCUT2D eigenvalue weighted by molar-refractivity contribution is 6.64. The van der Waals surface area contributed by atoms with Crippen LogP contribution in [-0.2, 0) is 14.4 Å². The molecule has 1 aromatic rings. The molecular formula is C12H9Cl3O6. The predicted octanol–water partition coefficient (Wildman–Crippen LogP) is 2.12. The number of hydrogen-bond acceptors (Lipinski definition) is 6. The highest BCUT2D eigenvalue weighted by atomic mass is 35.5. The van der Waals surface area contributed by atoms with E-state index in [9.17, 15) is 14.4 Å². The van der Waals surface area contributed by atoms with Gasteiger partial charge in [0.25, 0.3) is 15.7 Å². The molecule has 0 amide bonds. The maximum atomic E-state index is 10.7. The summed E-state index contributed by atoms with van der Waals surface area (Å²) in [5, 5.41) is -2.10. The molecule has 0 N–H and O–H groups in total. The molecule has 0 aliphatic rings. The zero-order valence-corrected chi connectivity index (χ0v) is 12.7. The van der Waals surface area contributed by atoms with Gasteiger partial charge in [0.05, 0.1) is 0 Å². The van der Waals surface area contributed by atoms with Gasteiger partial charge in [0.1, 0.15) is 17.2 Å². The number of rotatable bonds is 9. The van der Waals surface area contributed by atoms with Crippen LogP contribution in [0.4, 0.5) is 0 Å². The summed E-state index contributed by atoms with van der Waals surface area (Å²) < 4.78 is 15.3. The molecule has 0 aromatic heterocycles. The van der Waals surface area contributed by atoms with E-state index >= 15 is 0 Å². The molecule has 0 spiro atoms. The summed E-state index contributed by atoms with van der Waals surface area (Å²) in [4.78, 5) is 32.0. The zero-order valence-electron chi connectivity index (χ0n) is 10.4. The van der Waals surface area contributed by atoms with E-state index in [0.717, 1.165) is 0 Å². The molecule has 6 nitrogen and oxygen atoms in total. The highest BCUT2D eigenvalue weighted by Crippen LogP contribution is 2.28. The van der Waals surface area contributed by atoms with E-state index in [4.69, 9.17) is 49.0 Å². The molecule has 114 valence electrons. The summed E-state index contributed by atoms with van der Waals surface area (Å²) in [5.41, 5.74) is 0. The number of carbonyl (C=O) groups is 3. The summed E-state index contributed by atoms with van der Waals surface area (Å²) in [6, 6.07) is 4.19. The van der Waals surface area contributed by atoms with Gasteiger partial charge in [0, 0.05) is 18.2 Å². The fourth-order valence-electron chi connectivity index (χ4n) is 1.22. The molecule has 0 atom stereocenters. The van der Waals surface area contributed by atoms with E-state index in [1.165, 1.54) is 18.2 Å². The Morgan fingerprint density at radius 3 is 1.10 bits per heavy atom. The first-order valence-electron chi connectivity index (χ1n) is 5.45. The van der Waals surface area contributed by atoms with Gasteiger partial charge in [-0.05, 0) is 34.8 Å². The monoisotopic (exact) mass is 354 g/mol. The molecule has 0 bridgehead atoms. The molecule has 0 unspecified atom stereocenters. The van der Waals surface area contributed by atoms with Crippen molar-refractivity contribution in [2.75, 3.05) is 19.8 Å². The van der Waals surface area contributed by atoms with Crippen LogP contribution < -0.4 is 14.2 Å². The Bertz CT molecular complexity index is 457. The van der Waals surface area contributed by atoms with Crippen molar-refractivity contribution in [2.45, 2.75) is 0 Å². The molecular weight excluding hydrogens is 346 g/mol. The zero-order chi connectivity index (χ0) is 15.8. The molecule has 0 heterocycles. The van der Waals surface area contributed by atoms with Gasteiger partial charge in [-0.3, -0.25) is 14.4 Å². The van der Waals surface area contributed by atoms with Gasteiger partial charge in [-0.25, -0.2) is 0 Å². The van der Waals surface area contributed by atoms with Crippen molar-refractivity contribution in [3.05, 3.63) is 18.2 Å². The van der Waals surface area contributed by atoms with Gasteiger partial charge in [0.15, 0.2) is 19.8 Å². The topological polar surface area (TPSA) is 78.9 Å². The van der Waals surface area contributed by atoms with Gasteiger partial charge < -0.3 is 14.2 Å². The number of benzene rings is 1. The summed E-state index contributed by atoms with van der Waals surface area (Å²) in [6.07, 6.45) is 0. The second-order valence-electron chi connectivity index (χ2n) is 3.57. The average molecular weight is 356 g/mol. The maximum Gasteiger partial charge on any atom is 0.259 e. The van der Waals surface area contributed by atoms with E-state index in [1.54, 1.807) is 0 Å². The van der Waals surface area contributed by atoms with Crippen LogP contribution in [0.3, 0.4) is 0 Å².